The summed E-state index contributed by atoms with van der Waals surface area (Å²) >= 11 is 1.58. The lowest BCUT2D eigenvalue weighted by molar-refractivity contribution is 0.169. The van der Waals surface area contributed by atoms with Crippen LogP contribution >= 0.6 is 11.3 Å². The summed E-state index contributed by atoms with van der Waals surface area (Å²) in [7, 11) is 0. The molecule has 0 saturated heterocycles. The Labute approximate surface area is 145 Å². The average molecular weight is 341 g/mol. The Morgan fingerprint density at radius 1 is 1.12 bits per heavy atom. The second kappa shape index (κ2) is 5.66. The number of aromatic nitrogens is 3. The quantitative estimate of drug-likeness (QED) is 0.648. The van der Waals surface area contributed by atoms with Gasteiger partial charge >= 0.3 is 0 Å². The first-order chi connectivity index (χ1) is 11.4. The molecule has 2 aromatic heterocycles. The topological polar surface area (TPSA) is 47.3 Å². The molecule has 3 aromatic rings. The fraction of sp³-hybridized carbons (Fsp3) is 0.526. The van der Waals surface area contributed by atoms with Gasteiger partial charge in [-0.15, -0.1) is 0 Å². The number of benzene rings is 1. The van der Waals surface area contributed by atoms with Gasteiger partial charge in [-0.05, 0) is 49.1 Å². The van der Waals surface area contributed by atoms with E-state index in [9.17, 15) is 4.79 Å². The highest BCUT2D eigenvalue weighted by Crippen LogP contribution is 2.43. The maximum atomic E-state index is 12.6. The van der Waals surface area contributed by atoms with Gasteiger partial charge in [-0.3, -0.25) is 4.79 Å². The molecule has 4 rings (SSSR count). The summed E-state index contributed by atoms with van der Waals surface area (Å²) in [4.78, 5) is 18.0. The van der Waals surface area contributed by atoms with E-state index in [0.717, 1.165) is 29.3 Å². The number of fused-ring (bicyclic) bond motifs is 2. The first-order valence-corrected chi connectivity index (χ1v) is 9.53. The van der Waals surface area contributed by atoms with Crippen molar-refractivity contribution in [1.29, 1.82) is 0 Å². The van der Waals surface area contributed by atoms with Gasteiger partial charge in [0.25, 0.3) is 5.56 Å². The Kier molecular flexibility index (Phi) is 3.71. The van der Waals surface area contributed by atoms with Crippen LogP contribution in [-0.2, 0) is 0 Å². The van der Waals surface area contributed by atoms with Crippen LogP contribution in [0.25, 0.3) is 15.9 Å². The van der Waals surface area contributed by atoms with Gasteiger partial charge in [0, 0.05) is 5.92 Å². The minimum absolute atomic E-state index is 0.0542. The van der Waals surface area contributed by atoms with Crippen molar-refractivity contribution < 1.29 is 0 Å². The lowest BCUT2D eigenvalue weighted by atomic mass is 9.70. The molecule has 1 aliphatic carbocycles. The number of para-hydroxylation sites is 1. The molecule has 0 bridgehead atoms. The summed E-state index contributed by atoms with van der Waals surface area (Å²) in [6, 6.07) is 7.51. The second-order valence-electron chi connectivity index (χ2n) is 7.98. The fourth-order valence-electron chi connectivity index (χ4n) is 3.84. The van der Waals surface area contributed by atoms with Gasteiger partial charge in [-0.25, -0.2) is 4.98 Å². The van der Waals surface area contributed by atoms with Crippen molar-refractivity contribution in [2.75, 3.05) is 0 Å². The smallest absolute Gasteiger partial charge is 0.267 e. The Hall–Kier alpha value is -1.75. The van der Waals surface area contributed by atoms with Gasteiger partial charge in [-0.1, -0.05) is 44.2 Å². The number of hydrogen-bond donors (Lipinski definition) is 0. The van der Waals surface area contributed by atoms with Crippen molar-refractivity contribution in [3.8, 4) is 0 Å². The molecule has 1 fully saturated rings. The van der Waals surface area contributed by atoms with Crippen molar-refractivity contribution >= 4 is 27.2 Å². The predicted octanol–water partition coefficient (Wildman–Crippen LogP) is 4.62. The number of rotatable bonds is 1. The highest BCUT2D eigenvalue weighted by molar-refractivity contribution is 7.16. The van der Waals surface area contributed by atoms with Gasteiger partial charge in [0.1, 0.15) is 5.01 Å². The lowest BCUT2D eigenvalue weighted by Gasteiger charge is -2.36. The van der Waals surface area contributed by atoms with Gasteiger partial charge in [0.05, 0.1) is 10.9 Å². The zero-order valence-electron chi connectivity index (χ0n) is 14.5. The van der Waals surface area contributed by atoms with Crippen LogP contribution in [0.1, 0.15) is 57.4 Å². The maximum absolute atomic E-state index is 12.6. The molecule has 0 radical (unpaired) electrons. The molecule has 0 amide bonds. The Morgan fingerprint density at radius 2 is 1.83 bits per heavy atom. The molecule has 2 heterocycles. The van der Waals surface area contributed by atoms with Gasteiger partial charge < -0.3 is 0 Å². The van der Waals surface area contributed by atoms with E-state index in [-0.39, 0.29) is 5.56 Å². The average Bonchev–Trinajstić information content (AvgIpc) is 2.99. The molecule has 0 atom stereocenters. The van der Waals surface area contributed by atoms with Crippen LogP contribution in [0.15, 0.2) is 29.1 Å². The van der Waals surface area contributed by atoms with Crippen LogP contribution in [0.2, 0.25) is 0 Å². The monoisotopic (exact) mass is 341 g/mol. The van der Waals surface area contributed by atoms with Crippen LogP contribution in [0.5, 0.6) is 0 Å². The molecule has 0 spiro atoms. The van der Waals surface area contributed by atoms with Crippen LogP contribution in [0, 0.1) is 11.3 Å². The summed E-state index contributed by atoms with van der Waals surface area (Å²) in [5.41, 5.74) is 1.09. The predicted molar refractivity (Wildman–Crippen MR) is 98.8 cm³/mol. The molecular weight excluding hydrogens is 318 g/mol. The van der Waals surface area contributed by atoms with Crippen LogP contribution in [0.3, 0.4) is 0 Å². The minimum atomic E-state index is -0.0542. The summed E-state index contributed by atoms with van der Waals surface area (Å²) in [5.74, 6) is 1.25. The lowest BCUT2D eigenvalue weighted by Crippen LogP contribution is -2.25. The first kappa shape index (κ1) is 15.8. The van der Waals surface area contributed by atoms with Gasteiger partial charge in [0.2, 0.25) is 4.96 Å². The minimum Gasteiger partial charge on any atom is -0.267 e. The fourth-order valence-corrected chi connectivity index (χ4v) is 4.91. The molecule has 4 nitrogen and oxygen atoms in total. The van der Waals surface area contributed by atoms with E-state index in [1.165, 1.54) is 17.4 Å². The molecule has 5 heteroatoms. The third-order valence-corrected chi connectivity index (χ3v) is 6.49. The highest BCUT2D eigenvalue weighted by Gasteiger charge is 2.31. The van der Waals surface area contributed by atoms with Crippen molar-refractivity contribution in [3.63, 3.8) is 0 Å². The number of hydrogen-bond acceptors (Lipinski definition) is 4. The highest BCUT2D eigenvalue weighted by atomic mass is 32.1. The second-order valence-corrected chi connectivity index (χ2v) is 8.97. The van der Waals surface area contributed by atoms with E-state index in [2.05, 4.69) is 30.9 Å². The van der Waals surface area contributed by atoms with Crippen LogP contribution < -0.4 is 5.56 Å². The normalized spacial score (nSPS) is 22.3. The van der Waals surface area contributed by atoms with Crippen LogP contribution in [-0.4, -0.2) is 14.6 Å². The maximum Gasteiger partial charge on any atom is 0.283 e. The molecule has 0 aliphatic heterocycles. The van der Waals surface area contributed by atoms with Gasteiger partial charge in [0.15, 0.2) is 0 Å². The molecule has 126 valence electrons. The van der Waals surface area contributed by atoms with Crippen molar-refractivity contribution in [2.45, 2.75) is 52.4 Å². The third-order valence-electron chi connectivity index (χ3n) is 5.42. The Morgan fingerprint density at radius 3 is 2.54 bits per heavy atom. The van der Waals surface area contributed by atoms with E-state index in [1.54, 1.807) is 11.3 Å². The Balaban J connectivity index is 1.68. The standard InChI is InChI=1S/C19H23N3OS/c1-19(2,3)13-10-8-12(9-11-13)16-21-22-17(23)14-6-4-5-7-15(14)20-18(22)24-16/h4-7,12-13H,8-11H2,1-3H3. The van der Waals surface area contributed by atoms with E-state index < -0.39 is 0 Å². The molecule has 1 saturated carbocycles. The van der Waals surface area contributed by atoms with E-state index in [0.29, 0.717) is 21.7 Å². The van der Waals surface area contributed by atoms with Gasteiger partial charge in [-0.2, -0.15) is 9.61 Å². The van der Waals surface area contributed by atoms with Crippen LogP contribution in [0.4, 0.5) is 0 Å². The molecule has 0 unspecified atom stereocenters. The number of nitrogens with zero attached hydrogens (tertiary/aromatic N) is 3. The first-order valence-electron chi connectivity index (χ1n) is 8.72. The summed E-state index contributed by atoms with van der Waals surface area (Å²) in [6.07, 6.45) is 4.81. The molecule has 1 aliphatic rings. The molecular formula is C19H23N3OS. The summed E-state index contributed by atoms with van der Waals surface area (Å²) in [6.45, 7) is 7.01. The molecule has 0 N–H and O–H groups in total. The Bertz CT molecular complexity index is 943. The SMILES string of the molecule is CC(C)(C)C1CCC(c2nn3c(=O)c4ccccc4nc3s2)CC1. The largest absolute Gasteiger partial charge is 0.283 e. The van der Waals surface area contributed by atoms with E-state index >= 15 is 0 Å². The van der Waals surface area contributed by atoms with E-state index in [1.807, 2.05) is 24.3 Å². The summed E-state index contributed by atoms with van der Waals surface area (Å²) < 4.78 is 1.50. The van der Waals surface area contributed by atoms with Crippen molar-refractivity contribution in [3.05, 3.63) is 39.6 Å². The molecule has 1 aromatic carbocycles. The summed E-state index contributed by atoms with van der Waals surface area (Å²) in [5, 5.41) is 6.35. The zero-order valence-corrected chi connectivity index (χ0v) is 15.3. The molecule has 24 heavy (non-hydrogen) atoms. The zero-order chi connectivity index (χ0) is 16.9. The van der Waals surface area contributed by atoms with Crippen molar-refractivity contribution in [1.82, 2.24) is 14.6 Å². The van der Waals surface area contributed by atoms with Crippen molar-refractivity contribution in [2.24, 2.45) is 11.3 Å². The third kappa shape index (κ3) is 2.65. The van der Waals surface area contributed by atoms with E-state index in [4.69, 9.17) is 0 Å².